The molecule has 0 N–H and O–H groups in total. The number of nitrogens with zero attached hydrogens (tertiary/aromatic N) is 3. The molecule has 0 saturated heterocycles. The molecule has 2 aromatic heterocycles. The first kappa shape index (κ1) is 29.1. The zero-order valence-electron chi connectivity index (χ0n) is 28.5. The van der Waals surface area contributed by atoms with Gasteiger partial charge in [0.2, 0.25) is 0 Å². The van der Waals surface area contributed by atoms with E-state index in [-0.39, 0.29) is 0 Å². The van der Waals surface area contributed by atoms with Gasteiger partial charge in [-0.05, 0) is 92.4 Å². The number of aryl methyl sites for hydroxylation is 1. The van der Waals surface area contributed by atoms with Gasteiger partial charge in [-0.2, -0.15) is 0 Å². The summed E-state index contributed by atoms with van der Waals surface area (Å²) >= 11 is 0. The Morgan fingerprint density at radius 3 is 1.77 bits per heavy atom. The van der Waals surface area contributed by atoms with Gasteiger partial charge in [-0.15, -0.1) is 0 Å². The average molecular weight is 662 g/mol. The standard InChI is InChI=1S/C49H31N3/c1-30-29-31(25-26-32(30)33-27-28-50-44-23-10-5-15-36(33)44)47-38-17-6-11-24-45(38)51-48(52-47)39-18-12-22-43-46(39)37-16-4-9-21-42(37)49(43)40-19-7-2-13-34(40)35-14-3-8-20-41(35)49/h2-29H,1H3. The van der Waals surface area contributed by atoms with Crippen LogP contribution in [-0.2, 0) is 5.41 Å². The van der Waals surface area contributed by atoms with E-state index in [1.165, 1.54) is 61.2 Å². The second-order valence-electron chi connectivity index (χ2n) is 13.9. The highest BCUT2D eigenvalue weighted by molar-refractivity contribution is 6.01. The Morgan fingerprint density at radius 2 is 1.02 bits per heavy atom. The van der Waals surface area contributed by atoms with Crippen molar-refractivity contribution in [2.24, 2.45) is 0 Å². The lowest BCUT2D eigenvalue weighted by Gasteiger charge is -2.30. The normalized spacial score (nSPS) is 13.2. The van der Waals surface area contributed by atoms with Crippen LogP contribution >= 0.6 is 0 Å². The van der Waals surface area contributed by atoms with Crippen LogP contribution in [0.15, 0.2) is 170 Å². The molecule has 9 aromatic rings. The highest BCUT2D eigenvalue weighted by Crippen LogP contribution is 2.63. The maximum Gasteiger partial charge on any atom is 0.161 e. The molecule has 242 valence electrons. The predicted molar refractivity (Wildman–Crippen MR) is 212 cm³/mol. The van der Waals surface area contributed by atoms with Crippen molar-refractivity contribution in [1.29, 1.82) is 0 Å². The van der Waals surface area contributed by atoms with Crippen molar-refractivity contribution in [2.75, 3.05) is 0 Å². The highest BCUT2D eigenvalue weighted by Gasteiger charge is 2.52. The molecule has 11 rings (SSSR count). The van der Waals surface area contributed by atoms with Crippen LogP contribution in [0.25, 0.3) is 77.8 Å². The molecule has 0 radical (unpaired) electrons. The lowest BCUT2D eigenvalue weighted by molar-refractivity contribution is 0.794. The molecule has 0 saturated carbocycles. The third-order valence-corrected chi connectivity index (χ3v) is 11.3. The summed E-state index contributed by atoms with van der Waals surface area (Å²) in [7, 11) is 0. The van der Waals surface area contributed by atoms with Gasteiger partial charge in [0, 0.05) is 28.1 Å². The number of para-hydroxylation sites is 2. The largest absolute Gasteiger partial charge is 0.256 e. The van der Waals surface area contributed by atoms with E-state index in [0.717, 1.165) is 44.5 Å². The molecule has 7 aromatic carbocycles. The van der Waals surface area contributed by atoms with Gasteiger partial charge < -0.3 is 0 Å². The maximum atomic E-state index is 5.47. The first-order chi connectivity index (χ1) is 25.7. The highest BCUT2D eigenvalue weighted by atomic mass is 14.9. The maximum absolute atomic E-state index is 5.47. The molecule has 0 unspecified atom stereocenters. The molecule has 0 atom stereocenters. The van der Waals surface area contributed by atoms with Crippen LogP contribution in [0.3, 0.4) is 0 Å². The van der Waals surface area contributed by atoms with Gasteiger partial charge in [-0.3, -0.25) is 4.98 Å². The Hall–Kier alpha value is -6.71. The summed E-state index contributed by atoms with van der Waals surface area (Å²) in [5, 5.41) is 2.19. The fourth-order valence-electron chi connectivity index (χ4n) is 9.19. The van der Waals surface area contributed by atoms with E-state index in [9.17, 15) is 0 Å². The quantitative estimate of drug-likeness (QED) is 0.189. The minimum absolute atomic E-state index is 0.418. The van der Waals surface area contributed by atoms with Crippen molar-refractivity contribution in [3.05, 3.63) is 198 Å². The van der Waals surface area contributed by atoms with Gasteiger partial charge in [0.05, 0.1) is 22.1 Å². The molecular formula is C49H31N3. The molecule has 1 spiro atoms. The lowest BCUT2D eigenvalue weighted by Crippen LogP contribution is -2.25. The summed E-state index contributed by atoms with van der Waals surface area (Å²) in [5.74, 6) is 0.735. The lowest BCUT2D eigenvalue weighted by atomic mass is 9.70. The molecule has 0 aliphatic heterocycles. The zero-order chi connectivity index (χ0) is 34.4. The second kappa shape index (κ2) is 10.9. The van der Waals surface area contributed by atoms with Gasteiger partial charge >= 0.3 is 0 Å². The minimum Gasteiger partial charge on any atom is -0.256 e. The molecule has 2 aliphatic carbocycles. The fraction of sp³-hybridized carbons (Fsp3) is 0.0408. The fourth-order valence-corrected chi connectivity index (χ4v) is 9.19. The van der Waals surface area contributed by atoms with Gasteiger partial charge in [0.25, 0.3) is 0 Å². The van der Waals surface area contributed by atoms with Crippen LogP contribution in [0.4, 0.5) is 0 Å². The Balaban J connectivity index is 1.14. The Morgan fingerprint density at radius 1 is 0.423 bits per heavy atom. The summed E-state index contributed by atoms with van der Waals surface area (Å²) in [6.45, 7) is 2.19. The number of pyridine rings is 1. The Kier molecular flexibility index (Phi) is 6.09. The van der Waals surface area contributed by atoms with Crippen LogP contribution in [0.2, 0.25) is 0 Å². The van der Waals surface area contributed by atoms with Crippen molar-refractivity contribution in [3.63, 3.8) is 0 Å². The molecule has 52 heavy (non-hydrogen) atoms. The van der Waals surface area contributed by atoms with E-state index >= 15 is 0 Å². The number of hydrogen-bond acceptors (Lipinski definition) is 3. The van der Waals surface area contributed by atoms with Gasteiger partial charge in [-0.1, -0.05) is 140 Å². The molecule has 0 bridgehead atoms. The molecule has 3 nitrogen and oxygen atoms in total. The third-order valence-electron chi connectivity index (χ3n) is 11.3. The van der Waals surface area contributed by atoms with Crippen molar-refractivity contribution in [2.45, 2.75) is 12.3 Å². The van der Waals surface area contributed by atoms with E-state index < -0.39 is 5.41 Å². The number of aromatic nitrogens is 3. The van der Waals surface area contributed by atoms with Crippen LogP contribution in [0, 0.1) is 6.92 Å². The summed E-state index contributed by atoms with van der Waals surface area (Å²) < 4.78 is 0. The predicted octanol–water partition coefficient (Wildman–Crippen LogP) is 11.8. The van der Waals surface area contributed by atoms with Crippen LogP contribution in [0.1, 0.15) is 27.8 Å². The zero-order valence-corrected chi connectivity index (χ0v) is 28.5. The van der Waals surface area contributed by atoms with E-state index in [1.807, 2.05) is 12.3 Å². The molecular weight excluding hydrogens is 631 g/mol. The van der Waals surface area contributed by atoms with Crippen molar-refractivity contribution >= 4 is 21.8 Å². The topological polar surface area (TPSA) is 38.7 Å². The van der Waals surface area contributed by atoms with Crippen LogP contribution in [-0.4, -0.2) is 15.0 Å². The van der Waals surface area contributed by atoms with Gasteiger partial charge in [-0.25, -0.2) is 9.97 Å². The monoisotopic (exact) mass is 661 g/mol. The van der Waals surface area contributed by atoms with Crippen molar-refractivity contribution in [1.82, 2.24) is 15.0 Å². The Labute approximate surface area is 302 Å². The third kappa shape index (κ3) is 3.88. The molecule has 0 amide bonds. The number of fused-ring (bicyclic) bond motifs is 12. The average Bonchev–Trinajstić information content (AvgIpc) is 3.68. The first-order valence-corrected chi connectivity index (χ1v) is 17.9. The van der Waals surface area contributed by atoms with Crippen LogP contribution < -0.4 is 0 Å². The second-order valence-corrected chi connectivity index (χ2v) is 13.9. The van der Waals surface area contributed by atoms with Crippen molar-refractivity contribution in [3.8, 4) is 56.0 Å². The number of hydrogen-bond donors (Lipinski definition) is 0. The van der Waals surface area contributed by atoms with E-state index in [0.29, 0.717) is 0 Å². The SMILES string of the molecule is Cc1cc(-c2nc(-c3cccc4c3-c3ccccc3C43c4ccccc4-c4ccccc43)nc3ccccc23)ccc1-c1ccnc2ccccc12. The summed E-state index contributed by atoms with van der Waals surface area (Å²) in [6, 6.07) is 59.1. The van der Waals surface area contributed by atoms with Crippen LogP contribution in [0.5, 0.6) is 0 Å². The molecule has 0 fully saturated rings. The van der Waals surface area contributed by atoms with Gasteiger partial charge in [0.15, 0.2) is 5.82 Å². The number of benzene rings is 7. The number of rotatable bonds is 3. The Bertz CT molecular complexity index is 2890. The van der Waals surface area contributed by atoms with E-state index in [2.05, 4.69) is 170 Å². The minimum atomic E-state index is -0.418. The molecule has 2 heterocycles. The van der Waals surface area contributed by atoms with Crippen molar-refractivity contribution < 1.29 is 0 Å². The summed E-state index contributed by atoms with van der Waals surface area (Å²) in [4.78, 5) is 15.4. The summed E-state index contributed by atoms with van der Waals surface area (Å²) in [5.41, 5.74) is 18.4. The smallest absolute Gasteiger partial charge is 0.161 e. The summed E-state index contributed by atoms with van der Waals surface area (Å²) in [6.07, 6.45) is 1.90. The first-order valence-electron chi connectivity index (χ1n) is 17.9. The van der Waals surface area contributed by atoms with E-state index in [1.54, 1.807) is 0 Å². The molecule has 3 heteroatoms. The van der Waals surface area contributed by atoms with E-state index in [4.69, 9.17) is 9.97 Å². The molecule has 2 aliphatic rings. The van der Waals surface area contributed by atoms with Gasteiger partial charge in [0.1, 0.15) is 0 Å².